The molecular formula is C28H36N4O8. The number of carboxylic acid groups (broad SMARTS) is 2. The second-order valence-corrected chi connectivity index (χ2v) is 9.60. The summed E-state index contributed by atoms with van der Waals surface area (Å²) in [5.41, 5.74) is 7.26. The highest BCUT2D eigenvalue weighted by Gasteiger charge is 2.33. The zero-order valence-electron chi connectivity index (χ0n) is 22.4. The molecule has 3 amide bonds. The molecule has 0 bridgehead atoms. The van der Waals surface area contributed by atoms with Gasteiger partial charge in [-0.2, -0.15) is 0 Å². The predicted molar refractivity (Wildman–Crippen MR) is 145 cm³/mol. The van der Waals surface area contributed by atoms with Crippen molar-refractivity contribution in [3.05, 3.63) is 65.7 Å². The Balaban J connectivity index is 2.22. The quantitative estimate of drug-likeness (QED) is 0.163. The number of hydrogen-bond donors (Lipinski definition) is 7. The molecule has 40 heavy (non-hydrogen) atoms. The standard InChI is InChI=1S/C28H36N4O8/c1-3-16(2)24(28(39)40)32-27(38)21(14-17-7-5-4-6-8-17)31-26(37)22(15-23(34)35)30-25(36)20(29)13-18-9-11-19(33)12-10-18/h4-12,16,20-22,24,33H,3,13-15,29H2,1-2H3,(H,30,36)(H,31,37)(H,32,38)(H,34,35)(H,39,40). The van der Waals surface area contributed by atoms with Crippen LogP contribution in [0.25, 0.3) is 0 Å². The van der Waals surface area contributed by atoms with Crippen molar-refractivity contribution in [2.24, 2.45) is 11.7 Å². The van der Waals surface area contributed by atoms with Gasteiger partial charge < -0.3 is 37.0 Å². The monoisotopic (exact) mass is 556 g/mol. The van der Waals surface area contributed by atoms with Gasteiger partial charge in [-0.15, -0.1) is 0 Å². The van der Waals surface area contributed by atoms with Gasteiger partial charge in [-0.05, 0) is 35.6 Å². The Hall–Kier alpha value is -4.45. The molecule has 0 spiro atoms. The molecule has 8 N–H and O–H groups in total. The number of aromatic hydroxyl groups is 1. The average molecular weight is 557 g/mol. The van der Waals surface area contributed by atoms with Crippen LogP contribution in [-0.2, 0) is 36.8 Å². The van der Waals surface area contributed by atoms with Crippen LogP contribution in [0.3, 0.4) is 0 Å². The molecule has 0 saturated carbocycles. The maximum atomic E-state index is 13.2. The summed E-state index contributed by atoms with van der Waals surface area (Å²) >= 11 is 0. The van der Waals surface area contributed by atoms with Gasteiger partial charge in [-0.1, -0.05) is 62.7 Å². The fraction of sp³-hybridized carbons (Fsp3) is 0.393. The van der Waals surface area contributed by atoms with Crippen LogP contribution in [0.15, 0.2) is 54.6 Å². The number of carbonyl (C=O) groups is 5. The van der Waals surface area contributed by atoms with E-state index in [9.17, 15) is 39.3 Å². The summed E-state index contributed by atoms with van der Waals surface area (Å²) in [4.78, 5) is 62.4. The number of benzene rings is 2. The first-order valence-electron chi connectivity index (χ1n) is 12.8. The van der Waals surface area contributed by atoms with Gasteiger partial charge >= 0.3 is 11.9 Å². The topological polar surface area (TPSA) is 208 Å². The Kier molecular flexibility index (Phi) is 12.1. The summed E-state index contributed by atoms with van der Waals surface area (Å²) in [7, 11) is 0. The minimum absolute atomic E-state index is 0.0145. The molecule has 12 nitrogen and oxygen atoms in total. The van der Waals surface area contributed by atoms with E-state index in [0.29, 0.717) is 17.5 Å². The zero-order chi connectivity index (χ0) is 29.8. The number of carboxylic acids is 2. The van der Waals surface area contributed by atoms with Gasteiger partial charge in [0.15, 0.2) is 0 Å². The Morgan fingerprint density at radius 2 is 1.32 bits per heavy atom. The summed E-state index contributed by atoms with van der Waals surface area (Å²) < 4.78 is 0. The fourth-order valence-electron chi connectivity index (χ4n) is 3.91. The molecule has 0 heterocycles. The zero-order valence-corrected chi connectivity index (χ0v) is 22.4. The maximum absolute atomic E-state index is 13.2. The third-order valence-corrected chi connectivity index (χ3v) is 6.43. The van der Waals surface area contributed by atoms with Crippen molar-refractivity contribution in [2.45, 2.75) is 63.7 Å². The van der Waals surface area contributed by atoms with E-state index in [4.69, 9.17) is 5.73 Å². The van der Waals surface area contributed by atoms with Gasteiger partial charge in [0.1, 0.15) is 23.9 Å². The van der Waals surface area contributed by atoms with Crippen LogP contribution >= 0.6 is 0 Å². The molecule has 0 fully saturated rings. The Labute approximate surface area is 232 Å². The molecule has 2 rings (SSSR count). The number of phenolic OH excluding ortho intramolecular Hbond substituents is 1. The molecule has 0 radical (unpaired) electrons. The lowest BCUT2D eigenvalue weighted by molar-refractivity contribution is -0.144. The molecule has 0 saturated heterocycles. The highest BCUT2D eigenvalue weighted by Crippen LogP contribution is 2.12. The van der Waals surface area contributed by atoms with E-state index in [0.717, 1.165) is 0 Å². The Morgan fingerprint density at radius 1 is 0.775 bits per heavy atom. The molecule has 0 aliphatic heterocycles. The highest BCUT2D eigenvalue weighted by atomic mass is 16.4. The lowest BCUT2D eigenvalue weighted by Gasteiger charge is -2.26. The number of nitrogens with two attached hydrogens (primary N) is 1. The van der Waals surface area contributed by atoms with Gasteiger partial charge in [0.25, 0.3) is 0 Å². The minimum Gasteiger partial charge on any atom is -0.508 e. The number of carbonyl (C=O) groups excluding carboxylic acids is 3. The molecule has 5 atom stereocenters. The van der Waals surface area contributed by atoms with Crippen molar-refractivity contribution >= 4 is 29.7 Å². The second kappa shape index (κ2) is 15.2. The third-order valence-electron chi connectivity index (χ3n) is 6.43. The molecular weight excluding hydrogens is 520 g/mol. The van der Waals surface area contributed by atoms with Crippen LogP contribution < -0.4 is 21.7 Å². The normalized spacial score (nSPS) is 14.6. The summed E-state index contributed by atoms with van der Waals surface area (Å²) in [5.74, 6) is -5.48. The average Bonchev–Trinajstić information content (AvgIpc) is 2.91. The van der Waals surface area contributed by atoms with Gasteiger partial charge in [0, 0.05) is 6.42 Å². The number of aliphatic carboxylic acids is 2. The van der Waals surface area contributed by atoms with Crippen LogP contribution in [0.1, 0.15) is 37.8 Å². The molecule has 216 valence electrons. The van der Waals surface area contributed by atoms with Crippen LogP contribution in [0.2, 0.25) is 0 Å². The fourth-order valence-corrected chi connectivity index (χ4v) is 3.91. The van der Waals surface area contributed by atoms with E-state index in [-0.39, 0.29) is 18.6 Å². The van der Waals surface area contributed by atoms with Gasteiger partial charge in [0.2, 0.25) is 17.7 Å². The van der Waals surface area contributed by atoms with E-state index in [1.165, 1.54) is 12.1 Å². The number of hydrogen-bond acceptors (Lipinski definition) is 7. The van der Waals surface area contributed by atoms with Crippen molar-refractivity contribution < 1.29 is 39.3 Å². The summed E-state index contributed by atoms with van der Waals surface area (Å²) in [6.07, 6.45) is -0.268. The lowest BCUT2D eigenvalue weighted by atomic mass is 9.98. The number of phenols is 1. The summed E-state index contributed by atoms with van der Waals surface area (Å²) in [5, 5.41) is 35.7. The lowest BCUT2D eigenvalue weighted by Crippen LogP contribution is -2.58. The summed E-state index contributed by atoms with van der Waals surface area (Å²) in [6.45, 7) is 3.45. The number of rotatable bonds is 15. The van der Waals surface area contributed by atoms with Crippen LogP contribution in [-0.4, -0.2) is 69.1 Å². The van der Waals surface area contributed by atoms with E-state index in [2.05, 4.69) is 16.0 Å². The third kappa shape index (κ3) is 10.0. The van der Waals surface area contributed by atoms with E-state index in [1.54, 1.807) is 56.3 Å². The smallest absolute Gasteiger partial charge is 0.326 e. The van der Waals surface area contributed by atoms with Crippen molar-refractivity contribution in [3.63, 3.8) is 0 Å². The van der Waals surface area contributed by atoms with E-state index in [1.807, 2.05) is 0 Å². The molecule has 2 aromatic rings. The first kappa shape index (κ1) is 31.8. The molecule has 0 aliphatic rings. The second-order valence-electron chi connectivity index (χ2n) is 9.60. The van der Waals surface area contributed by atoms with Crippen LogP contribution in [0, 0.1) is 5.92 Å². The van der Waals surface area contributed by atoms with Gasteiger partial charge in [0.05, 0.1) is 12.5 Å². The Morgan fingerprint density at radius 3 is 1.88 bits per heavy atom. The molecule has 2 aromatic carbocycles. The number of nitrogens with one attached hydrogen (secondary N) is 3. The van der Waals surface area contributed by atoms with Crippen LogP contribution in [0.5, 0.6) is 5.75 Å². The largest absolute Gasteiger partial charge is 0.508 e. The van der Waals surface area contributed by atoms with Crippen LogP contribution in [0.4, 0.5) is 0 Å². The van der Waals surface area contributed by atoms with Crippen molar-refractivity contribution in [1.29, 1.82) is 0 Å². The molecule has 12 heteroatoms. The van der Waals surface area contributed by atoms with Crippen molar-refractivity contribution in [1.82, 2.24) is 16.0 Å². The minimum atomic E-state index is -1.56. The van der Waals surface area contributed by atoms with Gasteiger partial charge in [-0.25, -0.2) is 4.79 Å². The van der Waals surface area contributed by atoms with E-state index >= 15 is 0 Å². The maximum Gasteiger partial charge on any atom is 0.326 e. The van der Waals surface area contributed by atoms with Gasteiger partial charge in [-0.3, -0.25) is 19.2 Å². The highest BCUT2D eigenvalue weighted by molar-refractivity contribution is 5.95. The molecule has 0 aliphatic carbocycles. The first-order valence-corrected chi connectivity index (χ1v) is 12.8. The Bertz CT molecular complexity index is 1170. The SMILES string of the molecule is CCC(C)C(NC(=O)C(Cc1ccccc1)NC(=O)C(CC(=O)O)NC(=O)C(N)Cc1ccc(O)cc1)C(=O)O. The van der Waals surface area contributed by atoms with Crippen molar-refractivity contribution in [3.8, 4) is 5.75 Å². The predicted octanol–water partition coefficient (Wildman–Crippen LogP) is 0.565. The molecule has 0 aromatic heterocycles. The number of amides is 3. The summed E-state index contributed by atoms with van der Waals surface area (Å²) in [6, 6.07) is 9.48. The van der Waals surface area contributed by atoms with Crippen molar-refractivity contribution in [2.75, 3.05) is 0 Å². The molecule has 5 unspecified atom stereocenters. The van der Waals surface area contributed by atoms with E-state index < -0.39 is 66.2 Å². The first-order chi connectivity index (χ1) is 18.9.